The molecule has 32 heavy (non-hydrogen) atoms. The molecule has 6 nitrogen and oxygen atoms in total. The van der Waals surface area contributed by atoms with E-state index >= 15 is 0 Å². The number of methoxy groups -OCH3 is 2. The van der Waals surface area contributed by atoms with Gasteiger partial charge < -0.3 is 19.5 Å². The van der Waals surface area contributed by atoms with Crippen LogP contribution in [0.1, 0.15) is 29.2 Å². The monoisotopic (exact) mass is 433 g/mol. The van der Waals surface area contributed by atoms with E-state index in [-0.39, 0.29) is 6.04 Å². The van der Waals surface area contributed by atoms with E-state index in [1.807, 2.05) is 48.8 Å². The van der Waals surface area contributed by atoms with Crippen LogP contribution in [0.2, 0.25) is 0 Å². The van der Waals surface area contributed by atoms with Crippen molar-refractivity contribution in [2.24, 2.45) is 0 Å². The Morgan fingerprint density at radius 1 is 0.938 bits per heavy atom. The Hall–Kier alpha value is -3.09. The van der Waals surface area contributed by atoms with Gasteiger partial charge >= 0.3 is 0 Å². The highest BCUT2D eigenvalue weighted by Gasteiger charge is 2.26. The van der Waals surface area contributed by atoms with Crippen molar-refractivity contribution in [1.29, 1.82) is 0 Å². The molecule has 1 atom stereocenters. The van der Waals surface area contributed by atoms with Crippen molar-refractivity contribution in [3.05, 3.63) is 83.7 Å². The average Bonchev–Trinajstić information content (AvgIpc) is 3.13. The Bertz CT molecular complexity index is 949. The summed E-state index contributed by atoms with van der Waals surface area (Å²) in [6.45, 7) is 4.40. The first-order chi connectivity index (χ1) is 15.8. The van der Waals surface area contributed by atoms with Gasteiger partial charge in [0.15, 0.2) is 11.5 Å². The molecule has 1 saturated heterocycles. The molecule has 0 amide bonds. The molecular formula is C26H31N3O3. The lowest BCUT2D eigenvalue weighted by atomic mass is 9.97. The number of nitrogens with zero attached hydrogens (tertiary/aromatic N) is 2. The Labute approximate surface area is 190 Å². The Morgan fingerprint density at radius 3 is 2.41 bits per heavy atom. The lowest BCUT2D eigenvalue weighted by Gasteiger charge is -2.31. The molecule has 0 bridgehead atoms. The molecule has 1 aliphatic rings. The summed E-state index contributed by atoms with van der Waals surface area (Å²) in [4.78, 5) is 6.88. The molecule has 2 aromatic carbocycles. The molecule has 6 heteroatoms. The maximum absolute atomic E-state index is 6.16. The van der Waals surface area contributed by atoms with Gasteiger partial charge in [0.1, 0.15) is 6.61 Å². The third kappa shape index (κ3) is 5.21. The normalized spacial score (nSPS) is 15.6. The molecular weight excluding hydrogens is 402 g/mol. The average molecular weight is 434 g/mol. The van der Waals surface area contributed by atoms with Gasteiger partial charge in [-0.05, 0) is 47.9 Å². The summed E-state index contributed by atoms with van der Waals surface area (Å²) in [5, 5.41) is 3.49. The van der Waals surface area contributed by atoms with Crippen LogP contribution in [0.25, 0.3) is 0 Å². The summed E-state index contributed by atoms with van der Waals surface area (Å²) in [6, 6.07) is 18.4. The van der Waals surface area contributed by atoms with Crippen molar-refractivity contribution in [3.63, 3.8) is 0 Å². The van der Waals surface area contributed by atoms with Crippen molar-refractivity contribution in [2.45, 2.75) is 19.1 Å². The van der Waals surface area contributed by atoms with Gasteiger partial charge in [-0.1, -0.05) is 36.4 Å². The number of nitrogens with one attached hydrogen (secondary N) is 1. The quantitative estimate of drug-likeness (QED) is 0.578. The van der Waals surface area contributed by atoms with Crippen LogP contribution in [0, 0.1) is 0 Å². The molecule has 0 spiro atoms. The largest absolute Gasteiger partial charge is 0.493 e. The van der Waals surface area contributed by atoms with Crippen LogP contribution in [0.4, 0.5) is 0 Å². The molecule has 1 N–H and O–H groups in total. The topological polar surface area (TPSA) is 55.9 Å². The molecule has 168 valence electrons. The van der Waals surface area contributed by atoms with E-state index in [4.69, 9.17) is 14.2 Å². The van der Waals surface area contributed by atoms with E-state index in [0.717, 1.165) is 49.3 Å². The zero-order valence-corrected chi connectivity index (χ0v) is 18.8. The van der Waals surface area contributed by atoms with Gasteiger partial charge in [-0.2, -0.15) is 0 Å². The van der Waals surface area contributed by atoms with E-state index in [0.29, 0.717) is 23.9 Å². The molecule has 0 radical (unpaired) electrons. The van der Waals surface area contributed by atoms with E-state index in [2.05, 4.69) is 33.4 Å². The summed E-state index contributed by atoms with van der Waals surface area (Å²) in [7, 11) is 3.34. The highest BCUT2D eigenvalue weighted by atomic mass is 16.5. The van der Waals surface area contributed by atoms with Crippen LogP contribution < -0.4 is 19.5 Å². The van der Waals surface area contributed by atoms with Crippen molar-refractivity contribution in [1.82, 2.24) is 15.2 Å². The van der Waals surface area contributed by atoms with Crippen LogP contribution in [0.5, 0.6) is 17.2 Å². The highest BCUT2D eigenvalue weighted by molar-refractivity contribution is 5.55. The Balaban J connectivity index is 1.71. The molecule has 4 rings (SSSR count). The summed E-state index contributed by atoms with van der Waals surface area (Å²) < 4.78 is 17.7. The summed E-state index contributed by atoms with van der Waals surface area (Å²) >= 11 is 0. The second kappa shape index (κ2) is 11.0. The predicted octanol–water partition coefficient (Wildman–Crippen LogP) is 4.06. The first kappa shape index (κ1) is 22.1. The highest BCUT2D eigenvalue weighted by Crippen LogP contribution is 2.42. The molecule has 3 aromatic rings. The third-order valence-corrected chi connectivity index (χ3v) is 5.76. The van der Waals surface area contributed by atoms with E-state index in [1.54, 1.807) is 14.2 Å². The van der Waals surface area contributed by atoms with E-state index < -0.39 is 0 Å². The van der Waals surface area contributed by atoms with Gasteiger partial charge in [0.25, 0.3) is 0 Å². The summed E-state index contributed by atoms with van der Waals surface area (Å²) in [6.07, 6.45) is 4.86. The number of pyridine rings is 1. The molecule has 1 unspecified atom stereocenters. The second-order valence-electron chi connectivity index (χ2n) is 7.86. The number of benzene rings is 2. The number of rotatable bonds is 8. The maximum Gasteiger partial charge on any atom is 0.203 e. The van der Waals surface area contributed by atoms with Crippen molar-refractivity contribution < 1.29 is 14.2 Å². The minimum atomic E-state index is 0.0505. The number of aromatic nitrogens is 1. The number of hydrogen-bond acceptors (Lipinski definition) is 6. The Kier molecular flexibility index (Phi) is 7.59. The molecule has 2 heterocycles. The van der Waals surface area contributed by atoms with Gasteiger partial charge in [0.05, 0.1) is 20.3 Å². The third-order valence-electron chi connectivity index (χ3n) is 5.76. The van der Waals surface area contributed by atoms with Crippen LogP contribution in [-0.4, -0.2) is 50.3 Å². The van der Waals surface area contributed by atoms with Crippen LogP contribution in [-0.2, 0) is 6.61 Å². The fraction of sp³-hybridized carbons (Fsp3) is 0.346. The first-order valence-electron chi connectivity index (χ1n) is 11.1. The zero-order chi connectivity index (χ0) is 22.2. The fourth-order valence-electron chi connectivity index (χ4n) is 4.21. The minimum Gasteiger partial charge on any atom is -0.493 e. The van der Waals surface area contributed by atoms with Crippen LogP contribution >= 0.6 is 0 Å². The molecule has 0 saturated carbocycles. The zero-order valence-electron chi connectivity index (χ0n) is 18.8. The van der Waals surface area contributed by atoms with Gasteiger partial charge in [0.2, 0.25) is 5.75 Å². The van der Waals surface area contributed by atoms with E-state index in [1.165, 1.54) is 0 Å². The molecule has 1 fully saturated rings. The van der Waals surface area contributed by atoms with Gasteiger partial charge in [0, 0.05) is 32.0 Å². The predicted molar refractivity (Wildman–Crippen MR) is 125 cm³/mol. The first-order valence-corrected chi connectivity index (χ1v) is 11.1. The lowest BCUT2D eigenvalue weighted by molar-refractivity contribution is 0.237. The van der Waals surface area contributed by atoms with Gasteiger partial charge in [-0.15, -0.1) is 0 Å². The van der Waals surface area contributed by atoms with Gasteiger partial charge in [-0.25, -0.2) is 0 Å². The molecule has 0 aliphatic carbocycles. The van der Waals surface area contributed by atoms with Crippen molar-refractivity contribution in [3.8, 4) is 17.2 Å². The van der Waals surface area contributed by atoms with Crippen molar-refractivity contribution in [2.75, 3.05) is 40.4 Å². The SMILES string of the molecule is COc1cc(C(c2cccnc2)N2CCCNCC2)cc(OC)c1OCc1ccccc1. The number of hydrogen-bond donors (Lipinski definition) is 1. The lowest BCUT2D eigenvalue weighted by Crippen LogP contribution is -2.33. The Morgan fingerprint density at radius 2 is 1.72 bits per heavy atom. The second-order valence-corrected chi connectivity index (χ2v) is 7.86. The molecule has 1 aliphatic heterocycles. The minimum absolute atomic E-state index is 0.0505. The van der Waals surface area contributed by atoms with Crippen molar-refractivity contribution >= 4 is 0 Å². The van der Waals surface area contributed by atoms with Crippen LogP contribution in [0.3, 0.4) is 0 Å². The summed E-state index contributed by atoms with van der Waals surface area (Å²) in [5.41, 5.74) is 3.34. The molecule has 1 aromatic heterocycles. The smallest absolute Gasteiger partial charge is 0.203 e. The number of ether oxygens (including phenoxy) is 3. The summed E-state index contributed by atoms with van der Waals surface area (Å²) in [5.74, 6) is 1.94. The van der Waals surface area contributed by atoms with Gasteiger partial charge in [-0.3, -0.25) is 9.88 Å². The van der Waals surface area contributed by atoms with Crippen LogP contribution in [0.15, 0.2) is 67.0 Å². The standard InChI is InChI=1S/C26H31N3O3/c1-30-23-16-22(17-24(31-2)26(23)32-19-20-8-4-3-5-9-20)25(21-10-6-11-28-18-21)29-14-7-12-27-13-15-29/h3-6,8-11,16-18,25,27H,7,12-15,19H2,1-2H3. The fourth-order valence-corrected chi connectivity index (χ4v) is 4.21. The van der Waals surface area contributed by atoms with E-state index in [9.17, 15) is 0 Å². The maximum atomic E-state index is 6.16.